The molecule has 0 aliphatic rings. The number of nitrogens with one attached hydrogen (secondary N) is 2. The normalized spacial score (nSPS) is 12.8. The van der Waals surface area contributed by atoms with Crippen LogP contribution in [0.2, 0.25) is 0 Å². The van der Waals surface area contributed by atoms with E-state index in [9.17, 15) is 0 Å². The summed E-state index contributed by atoms with van der Waals surface area (Å²) >= 11 is 1.76. The third-order valence-corrected chi connectivity index (χ3v) is 5.94. The Bertz CT molecular complexity index is 800. The Balaban J connectivity index is 1.95. The van der Waals surface area contributed by atoms with Gasteiger partial charge in [-0.1, -0.05) is 6.07 Å². The van der Waals surface area contributed by atoms with E-state index in [1.54, 1.807) is 32.6 Å². The number of benzene rings is 1. The van der Waals surface area contributed by atoms with Gasteiger partial charge in [-0.15, -0.1) is 11.3 Å². The van der Waals surface area contributed by atoms with Crippen molar-refractivity contribution in [2.24, 2.45) is 4.99 Å². The minimum Gasteiger partial charge on any atom is -0.493 e. The fourth-order valence-electron chi connectivity index (χ4n) is 3.01. The molecule has 8 heteroatoms. The van der Waals surface area contributed by atoms with Crippen molar-refractivity contribution >= 4 is 17.3 Å². The number of ether oxygens (including phenoxy) is 2. The van der Waals surface area contributed by atoms with E-state index < -0.39 is 0 Å². The first-order valence-corrected chi connectivity index (χ1v) is 10.5. The smallest absolute Gasteiger partial charge is 0.191 e. The van der Waals surface area contributed by atoms with Crippen LogP contribution in [0, 0.1) is 13.8 Å². The molecule has 7 nitrogen and oxygen atoms in total. The molecule has 29 heavy (non-hydrogen) atoms. The molecule has 2 N–H and O–H groups in total. The van der Waals surface area contributed by atoms with Crippen molar-refractivity contribution in [1.29, 1.82) is 0 Å². The highest BCUT2D eigenvalue weighted by Crippen LogP contribution is 2.31. The minimum atomic E-state index is 0.151. The Morgan fingerprint density at radius 2 is 1.90 bits per heavy atom. The van der Waals surface area contributed by atoms with Gasteiger partial charge in [-0.2, -0.15) is 0 Å². The molecular weight excluding hydrogens is 386 g/mol. The van der Waals surface area contributed by atoms with Gasteiger partial charge < -0.3 is 25.0 Å². The van der Waals surface area contributed by atoms with E-state index >= 15 is 0 Å². The predicted octanol–water partition coefficient (Wildman–Crippen LogP) is 2.79. The number of methoxy groups -OCH3 is 2. The van der Waals surface area contributed by atoms with Gasteiger partial charge in [0.2, 0.25) is 0 Å². The number of aliphatic imine (C=N–C) groups is 1. The molecule has 0 radical (unpaired) electrons. The molecule has 1 unspecified atom stereocenters. The lowest BCUT2D eigenvalue weighted by molar-refractivity contribution is 0.295. The zero-order valence-corrected chi connectivity index (χ0v) is 19.3. The average molecular weight is 420 g/mol. The average Bonchev–Trinajstić information content (AvgIpc) is 3.03. The second-order valence-corrected chi connectivity index (χ2v) is 8.26. The molecule has 0 fully saturated rings. The maximum absolute atomic E-state index is 5.45. The summed E-state index contributed by atoms with van der Waals surface area (Å²) in [4.78, 5) is 12.4. The Kier molecular flexibility index (Phi) is 8.72. The molecule has 0 bridgehead atoms. The summed E-state index contributed by atoms with van der Waals surface area (Å²) in [5, 5.41) is 7.95. The van der Waals surface area contributed by atoms with E-state index in [0.717, 1.165) is 46.7 Å². The summed E-state index contributed by atoms with van der Waals surface area (Å²) in [6, 6.07) is 6.18. The fraction of sp³-hybridized carbons (Fsp3) is 0.524. The molecule has 0 saturated heterocycles. The van der Waals surface area contributed by atoms with Crippen LogP contribution in [-0.2, 0) is 6.42 Å². The fourth-order valence-corrected chi connectivity index (χ4v) is 3.94. The maximum Gasteiger partial charge on any atom is 0.191 e. The Morgan fingerprint density at radius 1 is 1.17 bits per heavy atom. The largest absolute Gasteiger partial charge is 0.493 e. The molecule has 1 atom stereocenters. The lowest BCUT2D eigenvalue weighted by Crippen LogP contribution is -2.42. The Morgan fingerprint density at radius 3 is 2.45 bits per heavy atom. The molecule has 1 aromatic carbocycles. The summed E-state index contributed by atoms with van der Waals surface area (Å²) < 4.78 is 10.8. The highest BCUT2D eigenvalue weighted by atomic mass is 32.1. The highest BCUT2D eigenvalue weighted by Gasteiger charge is 2.17. The molecule has 160 valence electrons. The standard InChI is InChI=1S/C21H33N5O2S/c1-14-15(2)29-20(25-14)10-11-23-21(22-3)24-13-17(26(4)5)16-8-9-18(27-6)19(12-16)28-7/h8-9,12,17H,10-11,13H2,1-7H3,(H2,22,23,24). The van der Waals surface area contributed by atoms with Gasteiger partial charge in [0, 0.05) is 31.4 Å². The van der Waals surface area contributed by atoms with Crippen molar-refractivity contribution < 1.29 is 9.47 Å². The number of aryl methyl sites for hydroxylation is 2. The quantitative estimate of drug-likeness (QED) is 0.481. The van der Waals surface area contributed by atoms with Crippen molar-refractivity contribution in [3.8, 4) is 11.5 Å². The van der Waals surface area contributed by atoms with Crippen LogP contribution in [0.15, 0.2) is 23.2 Å². The number of likely N-dealkylation sites (N-methyl/N-ethyl adjacent to an activating group) is 1. The topological polar surface area (TPSA) is 71.0 Å². The Labute approximate surface area is 178 Å². The predicted molar refractivity (Wildman–Crippen MR) is 121 cm³/mol. The summed E-state index contributed by atoms with van der Waals surface area (Å²) in [5.41, 5.74) is 2.26. The van der Waals surface area contributed by atoms with Crippen LogP contribution in [0.5, 0.6) is 11.5 Å². The molecule has 0 spiro atoms. The van der Waals surface area contributed by atoms with Crippen LogP contribution >= 0.6 is 11.3 Å². The summed E-state index contributed by atoms with van der Waals surface area (Å²) in [7, 11) is 9.21. The van der Waals surface area contributed by atoms with Crippen LogP contribution in [0.25, 0.3) is 0 Å². The van der Waals surface area contributed by atoms with Gasteiger partial charge in [0.05, 0.1) is 31.0 Å². The van der Waals surface area contributed by atoms with Gasteiger partial charge >= 0.3 is 0 Å². The van der Waals surface area contributed by atoms with Gasteiger partial charge in [-0.3, -0.25) is 4.99 Å². The van der Waals surface area contributed by atoms with Crippen molar-refractivity contribution in [2.45, 2.75) is 26.3 Å². The van der Waals surface area contributed by atoms with Crippen LogP contribution in [0.3, 0.4) is 0 Å². The van der Waals surface area contributed by atoms with E-state index in [1.165, 1.54) is 4.88 Å². The van der Waals surface area contributed by atoms with Crippen LogP contribution < -0.4 is 20.1 Å². The first-order chi connectivity index (χ1) is 13.9. The molecule has 0 aliphatic heterocycles. The monoisotopic (exact) mass is 419 g/mol. The number of thiazole rings is 1. The van der Waals surface area contributed by atoms with Gasteiger partial charge in [-0.25, -0.2) is 4.98 Å². The van der Waals surface area contributed by atoms with Gasteiger partial charge in [0.15, 0.2) is 17.5 Å². The first kappa shape index (κ1) is 23.0. The molecular formula is C21H33N5O2S. The van der Waals surface area contributed by atoms with Crippen LogP contribution in [0.4, 0.5) is 0 Å². The number of aromatic nitrogens is 1. The van der Waals surface area contributed by atoms with E-state index in [-0.39, 0.29) is 6.04 Å². The number of hydrogen-bond acceptors (Lipinski definition) is 6. The molecule has 2 rings (SSSR count). The number of guanidine groups is 1. The van der Waals surface area contributed by atoms with Crippen molar-refractivity contribution in [1.82, 2.24) is 20.5 Å². The van der Waals surface area contributed by atoms with Crippen molar-refractivity contribution in [3.63, 3.8) is 0 Å². The lowest BCUT2D eigenvalue weighted by atomic mass is 10.1. The van der Waals surface area contributed by atoms with Crippen molar-refractivity contribution in [2.75, 3.05) is 48.5 Å². The molecule has 0 aliphatic carbocycles. The molecule has 0 amide bonds. The van der Waals surface area contributed by atoms with Gasteiger partial charge in [-0.05, 0) is 45.6 Å². The zero-order chi connectivity index (χ0) is 21.4. The van der Waals surface area contributed by atoms with E-state index in [0.29, 0.717) is 6.54 Å². The van der Waals surface area contributed by atoms with Gasteiger partial charge in [0.1, 0.15) is 0 Å². The summed E-state index contributed by atoms with van der Waals surface area (Å²) in [6.45, 7) is 5.66. The summed E-state index contributed by atoms with van der Waals surface area (Å²) in [6.07, 6.45) is 0.882. The molecule has 0 saturated carbocycles. The van der Waals surface area contributed by atoms with E-state index in [1.807, 2.05) is 12.1 Å². The zero-order valence-electron chi connectivity index (χ0n) is 18.5. The second kappa shape index (κ2) is 11.0. The van der Waals surface area contributed by atoms with Gasteiger partial charge in [0.25, 0.3) is 0 Å². The van der Waals surface area contributed by atoms with Crippen LogP contribution in [0.1, 0.15) is 27.2 Å². The number of rotatable bonds is 9. The highest BCUT2D eigenvalue weighted by molar-refractivity contribution is 7.11. The molecule has 2 aromatic rings. The van der Waals surface area contributed by atoms with E-state index in [4.69, 9.17) is 9.47 Å². The number of nitrogens with zero attached hydrogens (tertiary/aromatic N) is 3. The third kappa shape index (κ3) is 6.33. The number of hydrogen-bond donors (Lipinski definition) is 2. The molecule has 1 heterocycles. The first-order valence-electron chi connectivity index (χ1n) is 9.65. The van der Waals surface area contributed by atoms with E-state index in [2.05, 4.69) is 59.5 Å². The minimum absolute atomic E-state index is 0.151. The SMILES string of the molecule is CN=C(NCCc1nc(C)c(C)s1)NCC(c1ccc(OC)c(OC)c1)N(C)C. The maximum atomic E-state index is 5.45. The summed E-state index contributed by atoms with van der Waals surface area (Å²) in [5.74, 6) is 2.24. The molecule has 1 aromatic heterocycles. The van der Waals surface area contributed by atoms with Crippen LogP contribution in [-0.4, -0.2) is 64.3 Å². The van der Waals surface area contributed by atoms with Crippen molar-refractivity contribution in [3.05, 3.63) is 39.3 Å². The second-order valence-electron chi connectivity index (χ2n) is 6.97. The third-order valence-electron chi connectivity index (χ3n) is 4.81. The Hall–Kier alpha value is -2.32. The lowest BCUT2D eigenvalue weighted by Gasteiger charge is -2.26.